The maximum Gasteiger partial charge on any atom is 0.254 e. The van der Waals surface area contributed by atoms with Gasteiger partial charge in [0.2, 0.25) is 0 Å². The molecule has 2 aromatic rings. The van der Waals surface area contributed by atoms with E-state index in [1.54, 1.807) is 7.11 Å². The van der Waals surface area contributed by atoms with Gasteiger partial charge in [-0.2, -0.15) is 0 Å². The lowest BCUT2D eigenvalue weighted by atomic mass is 9.99. The molecule has 0 N–H and O–H groups in total. The Hall–Kier alpha value is -2.29. The Morgan fingerprint density at radius 2 is 1.91 bits per heavy atom. The van der Waals surface area contributed by atoms with E-state index in [1.807, 2.05) is 36.1 Å². The quantitative estimate of drug-likeness (QED) is 0.865. The van der Waals surface area contributed by atoms with Gasteiger partial charge in [0, 0.05) is 30.1 Å². The molecule has 2 aromatic carbocycles. The van der Waals surface area contributed by atoms with Crippen LogP contribution in [0.2, 0.25) is 0 Å². The lowest BCUT2D eigenvalue weighted by molar-refractivity contribution is 0.0789. The van der Waals surface area contributed by atoms with Crippen molar-refractivity contribution in [3.05, 3.63) is 65.2 Å². The van der Waals surface area contributed by atoms with Gasteiger partial charge in [0.25, 0.3) is 5.91 Å². The van der Waals surface area contributed by atoms with Crippen molar-refractivity contribution in [2.45, 2.75) is 19.3 Å². The second-order valence-corrected chi connectivity index (χ2v) is 5.78. The van der Waals surface area contributed by atoms with Crippen LogP contribution in [0.1, 0.15) is 33.8 Å². The number of hydrogen-bond donors (Lipinski definition) is 0. The summed E-state index contributed by atoms with van der Waals surface area (Å²) in [4.78, 5) is 14.7. The van der Waals surface area contributed by atoms with Crippen molar-refractivity contribution in [2.75, 3.05) is 20.2 Å². The van der Waals surface area contributed by atoms with Crippen LogP contribution in [0, 0.1) is 6.92 Å². The summed E-state index contributed by atoms with van der Waals surface area (Å²) >= 11 is 0. The Balaban J connectivity index is 1.77. The number of carbonyl (C=O) groups excluding carboxylic acids is 1. The highest BCUT2D eigenvalue weighted by atomic mass is 16.5. The predicted molar refractivity (Wildman–Crippen MR) is 87.4 cm³/mol. The molecule has 0 spiro atoms. The van der Waals surface area contributed by atoms with Crippen LogP contribution < -0.4 is 4.74 Å². The van der Waals surface area contributed by atoms with Gasteiger partial charge in [0.1, 0.15) is 5.75 Å². The molecule has 0 radical (unpaired) electrons. The molecule has 1 atom stereocenters. The van der Waals surface area contributed by atoms with Crippen molar-refractivity contribution in [1.29, 1.82) is 0 Å². The van der Waals surface area contributed by atoms with Crippen molar-refractivity contribution in [2.24, 2.45) is 0 Å². The average Bonchev–Trinajstić information content (AvgIpc) is 3.05. The van der Waals surface area contributed by atoms with E-state index in [-0.39, 0.29) is 5.91 Å². The zero-order valence-corrected chi connectivity index (χ0v) is 13.1. The molecule has 1 amide bonds. The summed E-state index contributed by atoms with van der Waals surface area (Å²) in [5.41, 5.74) is 2.98. The molecule has 0 bridgehead atoms. The molecule has 1 aliphatic rings. The molecular formula is C19H21NO2. The standard InChI is InChI=1S/C19H21NO2/c1-14-17(9-6-10-18(14)22-2)19(21)20-12-11-16(13-20)15-7-4-3-5-8-15/h3-10,16H,11-13H2,1-2H3. The summed E-state index contributed by atoms with van der Waals surface area (Å²) < 4.78 is 5.32. The molecule has 1 heterocycles. The number of amides is 1. The Kier molecular flexibility index (Phi) is 4.14. The van der Waals surface area contributed by atoms with E-state index in [0.717, 1.165) is 36.4 Å². The molecule has 1 fully saturated rings. The number of rotatable bonds is 3. The van der Waals surface area contributed by atoms with E-state index in [2.05, 4.69) is 24.3 Å². The van der Waals surface area contributed by atoms with E-state index >= 15 is 0 Å². The van der Waals surface area contributed by atoms with Gasteiger partial charge >= 0.3 is 0 Å². The average molecular weight is 295 g/mol. The minimum absolute atomic E-state index is 0.106. The van der Waals surface area contributed by atoms with Gasteiger partial charge in [0.05, 0.1) is 7.11 Å². The molecule has 1 saturated heterocycles. The molecule has 3 nitrogen and oxygen atoms in total. The maximum absolute atomic E-state index is 12.8. The van der Waals surface area contributed by atoms with E-state index in [0.29, 0.717) is 5.92 Å². The number of carbonyl (C=O) groups is 1. The SMILES string of the molecule is COc1cccc(C(=O)N2CCC(c3ccccc3)C2)c1C. The zero-order valence-electron chi connectivity index (χ0n) is 13.1. The van der Waals surface area contributed by atoms with Crippen molar-refractivity contribution >= 4 is 5.91 Å². The molecule has 1 aliphatic heterocycles. The largest absolute Gasteiger partial charge is 0.496 e. The zero-order chi connectivity index (χ0) is 15.5. The fourth-order valence-corrected chi connectivity index (χ4v) is 3.18. The molecule has 22 heavy (non-hydrogen) atoms. The third-order valence-corrected chi connectivity index (χ3v) is 4.48. The first-order chi connectivity index (χ1) is 10.7. The van der Waals surface area contributed by atoms with Gasteiger partial charge < -0.3 is 9.64 Å². The van der Waals surface area contributed by atoms with Crippen molar-refractivity contribution < 1.29 is 9.53 Å². The first-order valence-electron chi connectivity index (χ1n) is 7.68. The van der Waals surface area contributed by atoms with Gasteiger partial charge in [0.15, 0.2) is 0 Å². The van der Waals surface area contributed by atoms with Crippen LogP contribution >= 0.6 is 0 Å². The highest BCUT2D eigenvalue weighted by Gasteiger charge is 2.28. The van der Waals surface area contributed by atoms with E-state index in [4.69, 9.17) is 4.74 Å². The predicted octanol–water partition coefficient (Wildman–Crippen LogP) is 3.63. The highest BCUT2D eigenvalue weighted by molar-refractivity contribution is 5.96. The minimum Gasteiger partial charge on any atom is -0.496 e. The minimum atomic E-state index is 0.106. The Morgan fingerprint density at radius 3 is 2.64 bits per heavy atom. The number of ether oxygens (including phenoxy) is 1. The van der Waals surface area contributed by atoms with Crippen molar-refractivity contribution in [3.8, 4) is 5.75 Å². The molecular weight excluding hydrogens is 274 g/mol. The summed E-state index contributed by atoms with van der Waals surface area (Å²) in [6.45, 7) is 3.55. The topological polar surface area (TPSA) is 29.5 Å². The van der Waals surface area contributed by atoms with E-state index < -0.39 is 0 Å². The monoisotopic (exact) mass is 295 g/mol. The number of methoxy groups -OCH3 is 1. The Bertz CT molecular complexity index is 666. The fourth-order valence-electron chi connectivity index (χ4n) is 3.18. The van der Waals surface area contributed by atoms with Crippen molar-refractivity contribution in [3.63, 3.8) is 0 Å². The van der Waals surface area contributed by atoms with Crippen LogP contribution in [0.5, 0.6) is 5.75 Å². The third kappa shape index (κ3) is 2.71. The van der Waals surface area contributed by atoms with Gasteiger partial charge in [-0.1, -0.05) is 36.4 Å². The molecule has 3 rings (SSSR count). The second kappa shape index (κ2) is 6.22. The lowest BCUT2D eigenvalue weighted by Crippen LogP contribution is -2.29. The smallest absolute Gasteiger partial charge is 0.254 e. The first-order valence-corrected chi connectivity index (χ1v) is 7.68. The van der Waals surface area contributed by atoms with Crippen LogP contribution in [-0.2, 0) is 0 Å². The van der Waals surface area contributed by atoms with Gasteiger partial charge in [-0.3, -0.25) is 4.79 Å². The summed E-state index contributed by atoms with van der Waals surface area (Å²) in [5, 5.41) is 0. The summed E-state index contributed by atoms with van der Waals surface area (Å²) in [5.74, 6) is 1.32. The van der Waals surface area contributed by atoms with Gasteiger partial charge in [-0.15, -0.1) is 0 Å². The van der Waals surface area contributed by atoms with E-state index in [9.17, 15) is 4.79 Å². The van der Waals surface area contributed by atoms with Crippen molar-refractivity contribution in [1.82, 2.24) is 4.90 Å². The summed E-state index contributed by atoms with van der Waals surface area (Å²) in [7, 11) is 1.64. The molecule has 3 heteroatoms. The maximum atomic E-state index is 12.8. The molecule has 0 saturated carbocycles. The lowest BCUT2D eigenvalue weighted by Gasteiger charge is -2.19. The van der Waals surface area contributed by atoms with Crippen LogP contribution in [0.15, 0.2) is 48.5 Å². The number of hydrogen-bond acceptors (Lipinski definition) is 2. The van der Waals surface area contributed by atoms with E-state index in [1.165, 1.54) is 5.56 Å². The number of benzene rings is 2. The fraction of sp³-hybridized carbons (Fsp3) is 0.316. The normalized spacial score (nSPS) is 17.5. The first kappa shape index (κ1) is 14.6. The van der Waals surface area contributed by atoms with Crippen LogP contribution in [0.4, 0.5) is 0 Å². The number of likely N-dealkylation sites (tertiary alicyclic amines) is 1. The molecule has 0 aromatic heterocycles. The molecule has 1 unspecified atom stereocenters. The molecule has 114 valence electrons. The van der Waals surface area contributed by atoms with Crippen LogP contribution in [0.25, 0.3) is 0 Å². The van der Waals surface area contributed by atoms with Gasteiger partial charge in [-0.05, 0) is 31.0 Å². The van der Waals surface area contributed by atoms with Crippen LogP contribution in [0.3, 0.4) is 0 Å². The molecule has 0 aliphatic carbocycles. The summed E-state index contributed by atoms with van der Waals surface area (Å²) in [6, 6.07) is 16.1. The van der Waals surface area contributed by atoms with Gasteiger partial charge in [-0.25, -0.2) is 0 Å². The summed E-state index contributed by atoms with van der Waals surface area (Å²) in [6.07, 6.45) is 1.03. The number of nitrogens with zero attached hydrogens (tertiary/aromatic N) is 1. The second-order valence-electron chi connectivity index (χ2n) is 5.78. The highest BCUT2D eigenvalue weighted by Crippen LogP contribution is 2.29. The third-order valence-electron chi connectivity index (χ3n) is 4.48. The Labute approximate surface area is 131 Å². The Morgan fingerprint density at radius 1 is 1.14 bits per heavy atom. The van der Waals surface area contributed by atoms with Crippen LogP contribution in [-0.4, -0.2) is 31.0 Å².